The molecule has 2 rings (SSSR count). The van der Waals surface area contributed by atoms with Gasteiger partial charge in [0.05, 0.1) is 19.8 Å². The Kier molecular flexibility index (Phi) is 3.35. The summed E-state index contributed by atoms with van der Waals surface area (Å²) in [7, 11) is 0. The summed E-state index contributed by atoms with van der Waals surface area (Å²) in [6, 6.07) is 0. The number of rotatable bonds is 3. The van der Waals surface area contributed by atoms with E-state index in [4.69, 9.17) is 9.47 Å². The number of nitrogens with zero attached hydrogens (tertiary/aromatic N) is 2. The van der Waals surface area contributed by atoms with E-state index in [1.165, 1.54) is 0 Å². The van der Waals surface area contributed by atoms with Crippen LogP contribution in [-0.4, -0.2) is 40.6 Å². The fourth-order valence-corrected chi connectivity index (χ4v) is 1.71. The molecule has 0 aliphatic carbocycles. The standard InChI is InChI=1S/C10H16N2O3/c1-2-12-4-3-11-10(12)9(13)8-7-14-5-6-15-8/h3-4,8-9,13H,2,5-7H2,1H3. The number of aromatic nitrogens is 2. The van der Waals surface area contributed by atoms with Gasteiger partial charge in [-0.25, -0.2) is 4.98 Å². The Balaban J connectivity index is 2.08. The molecule has 2 heterocycles. The molecule has 5 heteroatoms. The number of ether oxygens (including phenoxy) is 2. The van der Waals surface area contributed by atoms with Crippen LogP contribution in [0.4, 0.5) is 0 Å². The SMILES string of the molecule is CCn1ccnc1C(O)C1COCCO1. The van der Waals surface area contributed by atoms with Crippen LogP contribution in [0.2, 0.25) is 0 Å². The van der Waals surface area contributed by atoms with Gasteiger partial charge in [-0.2, -0.15) is 0 Å². The Labute approximate surface area is 88.6 Å². The summed E-state index contributed by atoms with van der Waals surface area (Å²) in [6.45, 7) is 4.37. The summed E-state index contributed by atoms with van der Waals surface area (Å²) in [6.07, 6.45) is 2.53. The number of aryl methyl sites for hydroxylation is 1. The first-order valence-electron chi connectivity index (χ1n) is 5.21. The Bertz CT molecular complexity index is 307. The van der Waals surface area contributed by atoms with Crippen LogP contribution in [0, 0.1) is 0 Å². The molecule has 0 amide bonds. The number of aliphatic hydroxyl groups excluding tert-OH is 1. The van der Waals surface area contributed by atoms with Crippen LogP contribution in [0.15, 0.2) is 12.4 Å². The minimum Gasteiger partial charge on any atom is -0.382 e. The predicted octanol–water partition coefficient (Wildman–Crippen LogP) is 0.352. The first kappa shape index (κ1) is 10.6. The quantitative estimate of drug-likeness (QED) is 0.785. The number of aliphatic hydroxyl groups is 1. The maximum atomic E-state index is 10.1. The third-order valence-corrected chi connectivity index (χ3v) is 2.55. The van der Waals surface area contributed by atoms with Gasteiger partial charge in [0.25, 0.3) is 0 Å². The van der Waals surface area contributed by atoms with Crippen molar-refractivity contribution < 1.29 is 14.6 Å². The molecule has 1 aliphatic heterocycles. The van der Waals surface area contributed by atoms with Gasteiger partial charge in [-0.05, 0) is 6.92 Å². The van der Waals surface area contributed by atoms with E-state index in [9.17, 15) is 5.11 Å². The van der Waals surface area contributed by atoms with Crippen molar-refractivity contribution in [1.29, 1.82) is 0 Å². The topological polar surface area (TPSA) is 56.5 Å². The van der Waals surface area contributed by atoms with Crippen LogP contribution >= 0.6 is 0 Å². The zero-order valence-corrected chi connectivity index (χ0v) is 8.80. The van der Waals surface area contributed by atoms with E-state index in [2.05, 4.69) is 4.98 Å². The van der Waals surface area contributed by atoms with Gasteiger partial charge in [0.2, 0.25) is 0 Å². The van der Waals surface area contributed by atoms with Crippen molar-refractivity contribution in [2.24, 2.45) is 0 Å². The fraction of sp³-hybridized carbons (Fsp3) is 0.700. The number of hydrogen-bond donors (Lipinski definition) is 1. The van der Waals surface area contributed by atoms with Crippen molar-refractivity contribution in [2.45, 2.75) is 25.7 Å². The van der Waals surface area contributed by atoms with Crippen LogP contribution in [0.3, 0.4) is 0 Å². The maximum absolute atomic E-state index is 10.1. The van der Waals surface area contributed by atoms with Gasteiger partial charge < -0.3 is 19.1 Å². The normalized spacial score (nSPS) is 24.0. The predicted molar refractivity (Wildman–Crippen MR) is 53.4 cm³/mol. The van der Waals surface area contributed by atoms with E-state index in [1.807, 2.05) is 17.7 Å². The molecule has 0 saturated carbocycles. The molecule has 2 unspecified atom stereocenters. The van der Waals surface area contributed by atoms with Gasteiger partial charge in [0.1, 0.15) is 18.0 Å². The van der Waals surface area contributed by atoms with E-state index in [0.717, 1.165) is 6.54 Å². The van der Waals surface area contributed by atoms with Crippen molar-refractivity contribution in [1.82, 2.24) is 9.55 Å². The molecule has 1 aromatic heterocycles. The maximum Gasteiger partial charge on any atom is 0.140 e. The van der Waals surface area contributed by atoms with E-state index in [-0.39, 0.29) is 6.10 Å². The average molecular weight is 212 g/mol. The van der Waals surface area contributed by atoms with Gasteiger partial charge in [-0.15, -0.1) is 0 Å². The average Bonchev–Trinajstić information content (AvgIpc) is 2.77. The van der Waals surface area contributed by atoms with Crippen LogP contribution in [0.1, 0.15) is 18.9 Å². The lowest BCUT2D eigenvalue weighted by molar-refractivity contribution is -0.135. The second-order valence-corrected chi connectivity index (χ2v) is 3.50. The minimum atomic E-state index is -0.708. The highest BCUT2D eigenvalue weighted by Crippen LogP contribution is 2.19. The first-order chi connectivity index (χ1) is 7.33. The molecule has 0 radical (unpaired) electrons. The van der Waals surface area contributed by atoms with Crippen molar-refractivity contribution in [2.75, 3.05) is 19.8 Å². The molecule has 1 aliphatic rings. The molecular weight excluding hydrogens is 196 g/mol. The molecule has 1 aromatic rings. The highest BCUT2D eigenvalue weighted by Gasteiger charge is 2.27. The summed E-state index contributed by atoms with van der Waals surface area (Å²) < 4.78 is 12.6. The lowest BCUT2D eigenvalue weighted by Gasteiger charge is -2.27. The van der Waals surface area contributed by atoms with Gasteiger partial charge in [-0.1, -0.05) is 0 Å². The number of hydrogen-bond acceptors (Lipinski definition) is 4. The van der Waals surface area contributed by atoms with Gasteiger partial charge in [0.15, 0.2) is 0 Å². The Morgan fingerprint density at radius 2 is 2.53 bits per heavy atom. The van der Waals surface area contributed by atoms with E-state index in [0.29, 0.717) is 25.6 Å². The van der Waals surface area contributed by atoms with Gasteiger partial charge >= 0.3 is 0 Å². The molecule has 0 aromatic carbocycles. The van der Waals surface area contributed by atoms with Gasteiger partial charge in [0, 0.05) is 18.9 Å². The molecule has 1 fully saturated rings. The van der Waals surface area contributed by atoms with Crippen molar-refractivity contribution in [3.05, 3.63) is 18.2 Å². The second-order valence-electron chi connectivity index (χ2n) is 3.50. The van der Waals surface area contributed by atoms with E-state index < -0.39 is 6.10 Å². The number of imidazole rings is 1. The summed E-state index contributed by atoms with van der Waals surface area (Å²) in [5.41, 5.74) is 0. The summed E-state index contributed by atoms with van der Waals surface area (Å²) in [5, 5.41) is 10.1. The molecule has 84 valence electrons. The largest absolute Gasteiger partial charge is 0.382 e. The summed E-state index contributed by atoms with van der Waals surface area (Å²) in [5.74, 6) is 0.646. The summed E-state index contributed by atoms with van der Waals surface area (Å²) >= 11 is 0. The molecule has 1 N–H and O–H groups in total. The third kappa shape index (κ3) is 2.19. The Hall–Kier alpha value is -0.910. The zero-order valence-electron chi connectivity index (χ0n) is 8.80. The van der Waals surface area contributed by atoms with Crippen molar-refractivity contribution in [3.63, 3.8) is 0 Å². The van der Waals surface area contributed by atoms with Crippen LogP contribution < -0.4 is 0 Å². The Morgan fingerprint density at radius 3 is 3.20 bits per heavy atom. The second kappa shape index (κ2) is 4.74. The molecule has 5 nitrogen and oxygen atoms in total. The minimum absolute atomic E-state index is 0.300. The molecule has 15 heavy (non-hydrogen) atoms. The molecule has 1 saturated heterocycles. The van der Waals surface area contributed by atoms with Crippen LogP contribution in [0.5, 0.6) is 0 Å². The summed E-state index contributed by atoms with van der Waals surface area (Å²) in [4.78, 5) is 4.14. The van der Waals surface area contributed by atoms with E-state index >= 15 is 0 Å². The van der Waals surface area contributed by atoms with Crippen molar-refractivity contribution in [3.8, 4) is 0 Å². The van der Waals surface area contributed by atoms with Crippen LogP contribution in [-0.2, 0) is 16.0 Å². The molecule has 0 spiro atoms. The highest BCUT2D eigenvalue weighted by atomic mass is 16.6. The molecule has 0 bridgehead atoms. The van der Waals surface area contributed by atoms with Crippen molar-refractivity contribution >= 4 is 0 Å². The lowest BCUT2D eigenvalue weighted by Crippen LogP contribution is -2.35. The molecule has 2 atom stereocenters. The Morgan fingerprint density at radius 1 is 1.67 bits per heavy atom. The fourth-order valence-electron chi connectivity index (χ4n) is 1.71. The van der Waals surface area contributed by atoms with Gasteiger partial charge in [-0.3, -0.25) is 0 Å². The lowest BCUT2D eigenvalue weighted by atomic mass is 10.2. The highest BCUT2D eigenvalue weighted by molar-refractivity contribution is 4.99. The van der Waals surface area contributed by atoms with Crippen LogP contribution in [0.25, 0.3) is 0 Å². The first-order valence-corrected chi connectivity index (χ1v) is 5.21. The zero-order chi connectivity index (χ0) is 10.7. The van der Waals surface area contributed by atoms with E-state index in [1.54, 1.807) is 6.20 Å². The molecular formula is C10H16N2O3. The monoisotopic (exact) mass is 212 g/mol. The third-order valence-electron chi connectivity index (χ3n) is 2.55. The smallest absolute Gasteiger partial charge is 0.140 e.